The second-order valence-corrected chi connectivity index (χ2v) is 7.75. The van der Waals surface area contributed by atoms with Crippen molar-refractivity contribution < 1.29 is 23.9 Å². The van der Waals surface area contributed by atoms with Crippen molar-refractivity contribution in [1.82, 2.24) is 10.6 Å². The Morgan fingerprint density at radius 2 is 1.42 bits per heavy atom. The van der Waals surface area contributed by atoms with E-state index in [2.05, 4.69) is 10.6 Å². The van der Waals surface area contributed by atoms with Crippen molar-refractivity contribution in [2.45, 2.75) is 91.5 Å². The molecule has 140 valence electrons. The maximum Gasteiger partial charge on any atom is 0.408 e. The molecule has 2 amide bonds. The van der Waals surface area contributed by atoms with Gasteiger partial charge in [-0.05, 0) is 54.9 Å². The lowest BCUT2D eigenvalue weighted by Crippen LogP contribution is -2.52. The van der Waals surface area contributed by atoms with Crippen molar-refractivity contribution in [3.05, 3.63) is 0 Å². The highest BCUT2D eigenvalue weighted by atomic mass is 16.6. The van der Waals surface area contributed by atoms with Crippen molar-refractivity contribution in [1.29, 1.82) is 0 Å². The summed E-state index contributed by atoms with van der Waals surface area (Å²) in [7, 11) is 0. The molecule has 0 saturated heterocycles. The minimum Gasteiger partial charge on any atom is -0.458 e. The van der Waals surface area contributed by atoms with Crippen LogP contribution in [0.3, 0.4) is 0 Å². The number of nitrogens with one attached hydrogen (secondary N) is 2. The molecule has 0 fully saturated rings. The summed E-state index contributed by atoms with van der Waals surface area (Å²) in [6, 6.07) is -1.58. The van der Waals surface area contributed by atoms with Crippen LogP contribution >= 0.6 is 0 Å². The number of amides is 2. The summed E-state index contributed by atoms with van der Waals surface area (Å²) < 4.78 is 10.4. The van der Waals surface area contributed by atoms with E-state index in [-0.39, 0.29) is 0 Å². The molecule has 0 aromatic carbocycles. The van der Waals surface area contributed by atoms with Gasteiger partial charge in [-0.25, -0.2) is 9.59 Å². The molecule has 0 spiro atoms. The molecule has 0 aromatic rings. The van der Waals surface area contributed by atoms with Crippen LogP contribution in [0.4, 0.5) is 4.79 Å². The summed E-state index contributed by atoms with van der Waals surface area (Å²) >= 11 is 0. The maximum absolute atomic E-state index is 12.3. The quantitative estimate of drug-likeness (QED) is 0.722. The zero-order chi connectivity index (χ0) is 19.1. The molecule has 0 aliphatic carbocycles. The molecule has 0 saturated carbocycles. The van der Waals surface area contributed by atoms with Crippen LogP contribution in [0, 0.1) is 0 Å². The van der Waals surface area contributed by atoms with Gasteiger partial charge >= 0.3 is 12.1 Å². The highest BCUT2D eigenvalue weighted by Gasteiger charge is 2.28. The van der Waals surface area contributed by atoms with Gasteiger partial charge in [0.2, 0.25) is 5.91 Å². The summed E-state index contributed by atoms with van der Waals surface area (Å²) in [5, 5.41) is 5.11. The molecular weight excluding hydrogens is 312 g/mol. The minimum absolute atomic E-state index is 0.437. The predicted octanol–water partition coefficient (Wildman–Crippen LogP) is 2.53. The van der Waals surface area contributed by atoms with Crippen molar-refractivity contribution in [3.8, 4) is 0 Å². The third-order valence-electron chi connectivity index (χ3n) is 2.70. The molecule has 0 aliphatic rings. The lowest BCUT2D eigenvalue weighted by atomic mass is 10.1. The predicted molar refractivity (Wildman–Crippen MR) is 91.5 cm³/mol. The van der Waals surface area contributed by atoms with E-state index in [1.165, 1.54) is 0 Å². The third kappa shape index (κ3) is 10.1. The van der Waals surface area contributed by atoms with Crippen LogP contribution in [-0.4, -0.2) is 41.3 Å². The number of ether oxygens (including phenoxy) is 2. The largest absolute Gasteiger partial charge is 0.458 e. The van der Waals surface area contributed by atoms with Crippen LogP contribution in [0.2, 0.25) is 0 Å². The smallest absolute Gasteiger partial charge is 0.408 e. The second kappa shape index (κ2) is 8.89. The molecule has 0 unspecified atom stereocenters. The molecule has 0 aliphatic heterocycles. The summed E-state index contributed by atoms with van der Waals surface area (Å²) in [4.78, 5) is 36.1. The van der Waals surface area contributed by atoms with E-state index in [1.54, 1.807) is 48.5 Å². The van der Waals surface area contributed by atoms with Crippen LogP contribution < -0.4 is 10.6 Å². The van der Waals surface area contributed by atoms with E-state index in [0.717, 1.165) is 0 Å². The molecule has 2 atom stereocenters. The van der Waals surface area contributed by atoms with Gasteiger partial charge in [0.05, 0.1) is 0 Å². The van der Waals surface area contributed by atoms with Crippen molar-refractivity contribution in [2.75, 3.05) is 0 Å². The SMILES string of the molecule is CCC[C@H](NC(=O)OC(C)(C)C)C(=O)N[C@@H](C)C(=O)OC(C)(C)C. The fourth-order valence-corrected chi connectivity index (χ4v) is 1.77. The van der Waals surface area contributed by atoms with Crippen molar-refractivity contribution >= 4 is 18.0 Å². The van der Waals surface area contributed by atoms with E-state index in [1.807, 2.05) is 6.92 Å². The number of carbonyl (C=O) groups is 3. The van der Waals surface area contributed by atoms with E-state index >= 15 is 0 Å². The van der Waals surface area contributed by atoms with E-state index < -0.39 is 41.3 Å². The minimum atomic E-state index is -0.809. The molecule has 0 rings (SSSR count). The van der Waals surface area contributed by atoms with Gasteiger partial charge in [0.1, 0.15) is 23.3 Å². The van der Waals surface area contributed by atoms with Crippen LogP contribution in [-0.2, 0) is 19.1 Å². The standard InChI is InChI=1S/C17H32N2O5/c1-9-10-12(19-15(22)24-17(6,7)8)13(20)18-11(2)14(21)23-16(3,4)5/h11-12H,9-10H2,1-8H3,(H,18,20)(H,19,22)/t11-,12-/m0/s1. The van der Waals surface area contributed by atoms with Crippen molar-refractivity contribution in [2.24, 2.45) is 0 Å². The Morgan fingerprint density at radius 1 is 0.917 bits per heavy atom. The Balaban J connectivity index is 4.74. The number of alkyl carbamates (subject to hydrolysis) is 1. The zero-order valence-corrected chi connectivity index (χ0v) is 16.1. The Morgan fingerprint density at radius 3 is 1.83 bits per heavy atom. The summed E-state index contributed by atoms with van der Waals surface area (Å²) in [5.74, 6) is -0.968. The lowest BCUT2D eigenvalue weighted by molar-refractivity contribution is -0.158. The molecule has 2 N–H and O–H groups in total. The molecule has 7 heteroatoms. The first-order valence-electron chi connectivity index (χ1n) is 8.28. The number of carbonyl (C=O) groups excluding carboxylic acids is 3. The number of hydrogen-bond donors (Lipinski definition) is 2. The Kier molecular flexibility index (Phi) is 8.23. The first-order chi connectivity index (χ1) is 10.7. The van der Waals surface area contributed by atoms with Gasteiger partial charge in [0.15, 0.2) is 0 Å². The van der Waals surface area contributed by atoms with Crippen molar-refractivity contribution in [3.63, 3.8) is 0 Å². The van der Waals surface area contributed by atoms with Gasteiger partial charge in [0, 0.05) is 0 Å². The first-order valence-corrected chi connectivity index (χ1v) is 8.28. The monoisotopic (exact) mass is 344 g/mol. The summed E-state index contributed by atoms with van der Waals surface area (Å²) in [6.45, 7) is 13.9. The van der Waals surface area contributed by atoms with Gasteiger partial charge in [-0.3, -0.25) is 4.79 Å². The normalized spacial score (nSPS) is 14.3. The molecular formula is C17H32N2O5. The highest BCUT2D eigenvalue weighted by Crippen LogP contribution is 2.10. The molecule has 0 radical (unpaired) electrons. The van der Waals surface area contributed by atoms with Gasteiger partial charge in [-0.15, -0.1) is 0 Å². The van der Waals surface area contributed by atoms with E-state index in [0.29, 0.717) is 12.8 Å². The molecule has 24 heavy (non-hydrogen) atoms. The van der Waals surface area contributed by atoms with Crippen LogP contribution in [0.1, 0.15) is 68.2 Å². The lowest BCUT2D eigenvalue weighted by Gasteiger charge is -2.25. The fourth-order valence-electron chi connectivity index (χ4n) is 1.77. The third-order valence-corrected chi connectivity index (χ3v) is 2.70. The van der Waals surface area contributed by atoms with Crippen LogP contribution in [0.15, 0.2) is 0 Å². The highest BCUT2D eigenvalue weighted by molar-refractivity contribution is 5.89. The number of rotatable bonds is 6. The molecule has 7 nitrogen and oxygen atoms in total. The first kappa shape index (κ1) is 22.2. The zero-order valence-electron chi connectivity index (χ0n) is 16.1. The maximum atomic E-state index is 12.3. The Hall–Kier alpha value is -1.79. The Labute approximate surface area is 144 Å². The Bertz CT molecular complexity index is 449. The average molecular weight is 344 g/mol. The van der Waals surface area contributed by atoms with Gasteiger partial charge in [0.25, 0.3) is 0 Å². The van der Waals surface area contributed by atoms with Crippen LogP contribution in [0.25, 0.3) is 0 Å². The fraction of sp³-hybridized carbons (Fsp3) is 0.824. The van der Waals surface area contributed by atoms with Crippen LogP contribution in [0.5, 0.6) is 0 Å². The van der Waals surface area contributed by atoms with E-state index in [9.17, 15) is 14.4 Å². The summed E-state index contributed by atoms with van der Waals surface area (Å²) in [5.41, 5.74) is -1.28. The molecule has 0 bridgehead atoms. The number of hydrogen-bond acceptors (Lipinski definition) is 5. The number of esters is 1. The van der Waals surface area contributed by atoms with Gasteiger partial charge in [-0.1, -0.05) is 13.3 Å². The second-order valence-electron chi connectivity index (χ2n) is 7.75. The van der Waals surface area contributed by atoms with Gasteiger partial charge < -0.3 is 20.1 Å². The molecule has 0 aromatic heterocycles. The average Bonchev–Trinajstić information content (AvgIpc) is 2.33. The van der Waals surface area contributed by atoms with E-state index in [4.69, 9.17) is 9.47 Å². The molecule has 0 heterocycles. The van der Waals surface area contributed by atoms with Gasteiger partial charge in [-0.2, -0.15) is 0 Å². The topological polar surface area (TPSA) is 93.7 Å². The summed E-state index contributed by atoms with van der Waals surface area (Å²) in [6.07, 6.45) is 0.460.